The lowest BCUT2D eigenvalue weighted by atomic mass is 10.0. The Morgan fingerprint density at radius 3 is 1.75 bits per heavy atom. The third kappa shape index (κ3) is 7.24. The van der Waals surface area contributed by atoms with Crippen LogP contribution in [0.3, 0.4) is 0 Å². The van der Waals surface area contributed by atoms with Crippen LogP contribution in [0.5, 0.6) is 0 Å². The van der Waals surface area contributed by atoms with Crippen molar-refractivity contribution in [2.75, 3.05) is 6.61 Å². The molecule has 0 aliphatic carbocycles. The van der Waals surface area contributed by atoms with Crippen LogP contribution in [0, 0.1) is 0 Å². The number of epoxide rings is 1. The van der Waals surface area contributed by atoms with Gasteiger partial charge in [0.05, 0.1) is 0 Å². The van der Waals surface area contributed by atoms with Crippen LogP contribution in [-0.2, 0) is 4.74 Å². The zero-order valence-corrected chi connectivity index (χ0v) is 10.8. The molecule has 1 unspecified atom stereocenters. The Balaban J connectivity index is 1.68. The summed E-state index contributed by atoms with van der Waals surface area (Å²) in [5, 5.41) is 9.43. The molecule has 96 valence electrons. The lowest BCUT2D eigenvalue weighted by molar-refractivity contribution is 0.0265. The molecular weight excluding hydrogens is 200 g/mol. The van der Waals surface area contributed by atoms with Gasteiger partial charge in [-0.2, -0.15) is 0 Å². The highest BCUT2D eigenvalue weighted by Crippen LogP contribution is 2.29. The van der Waals surface area contributed by atoms with Gasteiger partial charge in [0.15, 0.2) is 5.79 Å². The molecule has 1 rings (SSSR count). The maximum absolute atomic E-state index is 9.43. The second-order valence-electron chi connectivity index (χ2n) is 5.17. The lowest BCUT2D eigenvalue weighted by Crippen LogP contribution is -2.07. The van der Waals surface area contributed by atoms with E-state index in [1.165, 1.54) is 57.8 Å². The molecule has 0 aromatic rings. The largest absolute Gasteiger partial charge is 0.364 e. The van der Waals surface area contributed by atoms with Crippen molar-refractivity contribution >= 4 is 0 Å². The van der Waals surface area contributed by atoms with Gasteiger partial charge in [0, 0.05) is 6.42 Å². The van der Waals surface area contributed by atoms with Crippen molar-refractivity contribution in [1.29, 1.82) is 0 Å². The van der Waals surface area contributed by atoms with E-state index < -0.39 is 5.79 Å². The Morgan fingerprint density at radius 1 is 0.875 bits per heavy atom. The zero-order chi connectivity index (χ0) is 11.7. The molecule has 0 spiro atoms. The van der Waals surface area contributed by atoms with Gasteiger partial charge in [-0.3, -0.25) is 0 Å². The molecule has 0 aromatic carbocycles. The summed E-state index contributed by atoms with van der Waals surface area (Å²) >= 11 is 0. The third-order valence-electron chi connectivity index (χ3n) is 3.40. The summed E-state index contributed by atoms with van der Waals surface area (Å²) in [6, 6.07) is 0. The Bertz CT molecular complexity index is 164. The van der Waals surface area contributed by atoms with Crippen LogP contribution < -0.4 is 0 Å². The van der Waals surface area contributed by atoms with Gasteiger partial charge in [0.25, 0.3) is 0 Å². The predicted molar refractivity (Wildman–Crippen MR) is 67.4 cm³/mol. The zero-order valence-electron chi connectivity index (χ0n) is 10.8. The summed E-state index contributed by atoms with van der Waals surface area (Å²) in [4.78, 5) is 0. The fourth-order valence-electron chi connectivity index (χ4n) is 2.12. The van der Waals surface area contributed by atoms with Gasteiger partial charge in [0.2, 0.25) is 0 Å². The molecule has 0 bridgehead atoms. The topological polar surface area (TPSA) is 32.8 Å². The third-order valence-corrected chi connectivity index (χ3v) is 3.40. The van der Waals surface area contributed by atoms with Gasteiger partial charge in [-0.1, -0.05) is 64.7 Å². The highest BCUT2D eigenvalue weighted by Gasteiger charge is 2.41. The van der Waals surface area contributed by atoms with Crippen molar-refractivity contribution in [3.63, 3.8) is 0 Å². The summed E-state index contributed by atoms with van der Waals surface area (Å²) in [5.74, 6) is -0.708. The average Bonchev–Trinajstić information content (AvgIpc) is 3.00. The molecule has 0 amide bonds. The molecule has 1 N–H and O–H groups in total. The van der Waals surface area contributed by atoms with Crippen molar-refractivity contribution in [1.82, 2.24) is 0 Å². The second kappa shape index (κ2) is 8.08. The molecule has 1 aliphatic rings. The molecule has 1 fully saturated rings. The van der Waals surface area contributed by atoms with Crippen LogP contribution in [0.25, 0.3) is 0 Å². The highest BCUT2D eigenvalue weighted by atomic mass is 16.7. The molecule has 1 aliphatic heterocycles. The summed E-state index contributed by atoms with van der Waals surface area (Å²) in [7, 11) is 0. The van der Waals surface area contributed by atoms with Gasteiger partial charge < -0.3 is 9.84 Å². The van der Waals surface area contributed by atoms with Crippen LogP contribution in [0.15, 0.2) is 0 Å². The summed E-state index contributed by atoms with van der Waals surface area (Å²) in [5.41, 5.74) is 0. The first kappa shape index (κ1) is 14.0. The summed E-state index contributed by atoms with van der Waals surface area (Å²) < 4.78 is 4.93. The highest BCUT2D eigenvalue weighted by molar-refractivity contribution is 4.78. The lowest BCUT2D eigenvalue weighted by Gasteiger charge is -2.04. The predicted octanol–water partition coefficient (Wildman–Crippen LogP) is 4.02. The monoisotopic (exact) mass is 228 g/mol. The van der Waals surface area contributed by atoms with Crippen molar-refractivity contribution in [2.24, 2.45) is 0 Å². The number of ether oxygens (including phenoxy) is 1. The van der Waals surface area contributed by atoms with Crippen molar-refractivity contribution in [3.05, 3.63) is 0 Å². The number of aliphatic hydroxyl groups is 1. The molecular formula is C14H28O2. The van der Waals surface area contributed by atoms with Crippen LogP contribution in [0.4, 0.5) is 0 Å². The van der Waals surface area contributed by atoms with Crippen LogP contribution in [-0.4, -0.2) is 17.5 Å². The van der Waals surface area contributed by atoms with E-state index in [1.807, 2.05) is 0 Å². The van der Waals surface area contributed by atoms with Gasteiger partial charge in [0.1, 0.15) is 6.61 Å². The first-order valence-corrected chi connectivity index (χ1v) is 7.13. The normalized spacial score (nSPS) is 23.6. The van der Waals surface area contributed by atoms with E-state index >= 15 is 0 Å². The van der Waals surface area contributed by atoms with Crippen LogP contribution in [0.1, 0.15) is 77.6 Å². The molecule has 0 aromatic heterocycles. The number of rotatable bonds is 11. The first-order chi connectivity index (χ1) is 7.77. The molecule has 1 heterocycles. The second-order valence-corrected chi connectivity index (χ2v) is 5.17. The maximum Gasteiger partial charge on any atom is 0.189 e. The van der Waals surface area contributed by atoms with E-state index in [-0.39, 0.29) is 0 Å². The van der Waals surface area contributed by atoms with Crippen LogP contribution >= 0.6 is 0 Å². The molecule has 1 saturated heterocycles. The Hall–Kier alpha value is -0.0800. The average molecular weight is 228 g/mol. The van der Waals surface area contributed by atoms with Gasteiger partial charge in [-0.05, 0) is 6.42 Å². The van der Waals surface area contributed by atoms with Gasteiger partial charge >= 0.3 is 0 Å². The maximum atomic E-state index is 9.43. The number of hydrogen-bond acceptors (Lipinski definition) is 2. The molecule has 0 radical (unpaired) electrons. The van der Waals surface area contributed by atoms with E-state index in [9.17, 15) is 5.11 Å². The minimum Gasteiger partial charge on any atom is -0.364 e. The SMILES string of the molecule is CCCCCCCCCCCCC1(O)CO1. The Kier molecular flexibility index (Phi) is 7.06. The molecule has 2 heteroatoms. The Labute approximate surface area is 100 Å². The fraction of sp³-hybridized carbons (Fsp3) is 1.00. The minimum absolute atomic E-state index is 0.560. The van der Waals surface area contributed by atoms with Gasteiger partial charge in [-0.15, -0.1) is 0 Å². The standard InChI is InChI=1S/C14H28O2/c1-2-3-4-5-6-7-8-9-10-11-12-14(15)13-16-14/h15H,2-13H2,1H3. The van der Waals surface area contributed by atoms with Gasteiger partial charge in [-0.25, -0.2) is 0 Å². The van der Waals surface area contributed by atoms with Crippen molar-refractivity contribution < 1.29 is 9.84 Å². The Morgan fingerprint density at radius 2 is 1.31 bits per heavy atom. The number of hydrogen-bond donors (Lipinski definition) is 1. The quantitative estimate of drug-likeness (QED) is 0.428. The smallest absolute Gasteiger partial charge is 0.189 e. The molecule has 1 atom stereocenters. The molecule has 16 heavy (non-hydrogen) atoms. The summed E-state index contributed by atoms with van der Waals surface area (Å²) in [6.07, 6.45) is 14.3. The van der Waals surface area contributed by atoms with E-state index in [0.717, 1.165) is 12.8 Å². The van der Waals surface area contributed by atoms with E-state index in [2.05, 4.69) is 6.92 Å². The van der Waals surface area contributed by atoms with Crippen molar-refractivity contribution in [3.8, 4) is 0 Å². The minimum atomic E-state index is -0.708. The van der Waals surface area contributed by atoms with E-state index in [1.54, 1.807) is 0 Å². The van der Waals surface area contributed by atoms with E-state index in [0.29, 0.717) is 6.61 Å². The van der Waals surface area contributed by atoms with Crippen molar-refractivity contribution in [2.45, 2.75) is 83.3 Å². The fourth-order valence-corrected chi connectivity index (χ4v) is 2.12. The van der Waals surface area contributed by atoms with E-state index in [4.69, 9.17) is 4.74 Å². The van der Waals surface area contributed by atoms with Crippen LogP contribution in [0.2, 0.25) is 0 Å². The molecule has 0 saturated carbocycles. The first-order valence-electron chi connectivity index (χ1n) is 7.13. The summed E-state index contributed by atoms with van der Waals surface area (Å²) in [6.45, 7) is 2.82. The number of unbranched alkanes of at least 4 members (excludes halogenated alkanes) is 9. The molecule has 2 nitrogen and oxygen atoms in total.